The van der Waals surface area contributed by atoms with Crippen molar-refractivity contribution in [2.75, 3.05) is 17.1 Å². The molecular formula is C16H16F2N2O3S. The van der Waals surface area contributed by atoms with E-state index in [1.54, 1.807) is 6.07 Å². The molecule has 0 aliphatic rings. The summed E-state index contributed by atoms with van der Waals surface area (Å²) in [4.78, 5) is 12.0. The molecule has 0 unspecified atom stereocenters. The summed E-state index contributed by atoms with van der Waals surface area (Å²) in [5, 5.41) is 2.46. The van der Waals surface area contributed by atoms with Crippen molar-refractivity contribution in [3.63, 3.8) is 0 Å². The van der Waals surface area contributed by atoms with E-state index in [-0.39, 0.29) is 12.2 Å². The van der Waals surface area contributed by atoms with E-state index in [0.717, 1.165) is 22.7 Å². The van der Waals surface area contributed by atoms with Crippen LogP contribution in [0.4, 0.5) is 14.5 Å². The van der Waals surface area contributed by atoms with E-state index in [4.69, 9.17) is 0 Å². The lowest BCUT2D eigenvalue weighted by Gasteiger charge is -2.21. The first-order valence-corrected chi connectivity index (χ1v) is 8.85. The third-order valence-electron chi connectivity index (χ3n) is 3.24. The van der Waals surface area contributed by atoms with Crippen LogP contribution in [0.25, 0.3) is 0 Å². The maximum atomic E-state index is 13.5. The monoisotopic (exact) mass is 354 g/mol. The Balaban J connectivity index is 2.08. The number of carbonyl (C=O) groups excluding carboxylic acids is 1. The fraction of sp³-hybridized carbons (Fsp3) is 0.188. The van der Waals surface area contributed by atoms with Crippen LogP contribution >= 0.6 is 0 Å². The Kier molecular flexibility index (Phi) is 5.50. The van der Waals surface area contributed by atoms with Gasteiger partial charge in [0.25, 0.3) is 0 Å². The predicted octanol–water partition coefficient (Wildman–Crippen LogP) is 2.05. The molecule has 2 aromatic carbocycles. The Hall–Kier alpha value is -2.48. The van der Waals surface area contributed by atoms with Crippen molar-refractivity contribution in [2.45, 2.75) is 6.54 Å². The summed E-state index contributed by atoms with van der Waals surface area (Å²) in [6.07, 6.45) is 0.945. The first kappa shape index (κ1) is 17.9. The van der Waals surface area contributed by atoms with Crippen LogP contribution in [-0.2, 0) is 21.4 Å². The van der Waals surface area contributed by atoms with E-state index < -0.39 is 34.1 Å². The van der Waals surface area contributed by atoms with E-state index in [9.17, 15) is 22.0 Å². The van der Waals surface area contributed by atoms with Crippen molar-refractivity contribution in [1.29, 1.82) is 0 Å². The molecular weight excluding hydrogens is 338 g/mol. The first-order valence-electron chi connectivity index (χ1n) is 7.01. The molecule has 0 radical (unpaired) electrons. The van der Waals surface area contributed by atoms with Gasteiger partial charge in [0.05, 0.1) is 11.9 Å². The lowest BCUT2D eigenvalue weighted by atomic mass is 10.2. The van der Waals surface area contributed by atoms with Crippen molar-refractivity contribution in [2.24, 2.45) is 0 Å². The molecule has 2 aromatic rings. The van der Waals surface area contributed by atoms with Gasteiger partial charge >= 0.3 is 0 Å². The topological polar surface area (TPSA) is 66.5 Å². The summed E-state index contributed by atoms with van der Waals surface area (Å²) in [6.45, 7) is -0.550. The van der Waals surface area contributed by atoms with Crippen LogP contribution in [-0.4, -0.2) is 27.1 Å². The Labute approximate surface area is 139 Å². The lowest BCUT2D eigenvalue weighted by molar-refractivity contribution is -0.119. The summed E-state index contributed by atoms with van der Waals surface area (Å²) >= 11 is 0. The van der Waals surface area contributed by atoms with Crippen molar-refractivity contribution in [3.8, 4) is 0 Å². The van der Waals surface area contributed by atoms with Gasteiger partial charge in [-0.15, -0.1) is 0 Å². The molecule has 0 heterocycles. The van der Waals surface area contributed by atoms with Gasteiger partial charge in [-0.1, -0.05) is 18.2 Å². The van der Waals surface area contributed by atoms with Crippen molar-refractivity contribution in [3.05, 3.63) is 65.7 Å². The highest BCUT2D eigenvalue weighted by Gasteiger charge is 2.20. The van der Waals surface area contributed by atoms with Gasteiger partial charge in [-0.2, -0.15) is 0 Å². The Bertz CT molecular complexity index is 823. The Morgan fingerprint density at radius 2 is 1.71 bits per heavy atom. The summed E-state index contributed by atoms with van der Waals surface area (Å²) < 4.78 is 51.1. The summed E-state index contributed by atoms with van der Waals surface area (Å²) in [5.41, 5.74) is 0.457. The van der Waals surface area contributed by atoms with E-state index in [1.807, 2.05) is 0 Å². The van der Waals surface area contributed by atoms with Gasteiger partial charge in [0.2, 0.25) is 15.9 Å². The van der Waals surface area contributed by atoms with Gasteiger partial charge in [0.1, 0.15) is 18.2 Å². The van der Waals surface area contributed by atoms with Gasteiger partial charge in [-0.05, 0) is 30.3 Å². The highest BCUT2D eigenvalue weighted by Crippen LogP contribution is 2.17. The van der Waals surface area contributed by atoms with E-state index >= 15 is 0 Å². The van der Waals surface area contributed by atoms with Crippen LogP contribution in [0.15, 0.2) is 48.5 Å². The number of amides is 1. The average Bonchev–Trinajstić information content (AvgIpc) is 2.52. The second-order valence-electron chi connectivity index (χ2n) is 5.11. The number of halogens is 2. The molecule has 1 amide bonds. The van der Waals surface area contributed by atoms with Crippen molar-refractivity contribution < 1.29 is 22.0 Å². The van der Waals surface area contributed by atoms with Gasteiger partial charge in [0, 0.05) is 12.1 Å². The number of benzene rings is 2. The molecule has 2 rings (SSSR count). The number of hydrogen-bond donors (Lipinski definition) is 1. The highest BCUT2D eigenvalue weighted by molar-refractivity contribution is 7.92. The van der Waals surface area contributed by atoms with Crippen LogP contribution in [0.5, 0.6) is 0 Å². The van der Waals surface area contributed by atoms with Gasteiger partial charge < -0.3 is 5.32 Å². The minimum atomic E-state index is -3.74. The first-order chi connectivity index (χ1) is 11.3. The molecule has 0 aliphatic heterocycles. The number of nitrogens with one attached hydrogen (secondary N) is 1. The molecule has 0 bridgehead atoms. The molecule has 1 N–H and O–H groups in total. The Morgan fingerprint density at radius 3 is 2.29 bits per heavy atom. The fourth-order valence-corrected chi connectivity index (χ4v) is 2.89. The van der Waals surface area contributed by atoms with Gasteiger partial charge in [-0.3, -0.25) is 9.10 Å². The molecule has 0 atom stereocenters. The smallest absolute Gasteiger partial charge is 0.241 e. The highest BCUT2D eigenvalue weighted by atomic mass is 32.2. The van der Waals surface area contributed by atoms with Gasteiger partial charge in [0.15, 0.2) is 0 Å². The zero-order chi connectivity index (χ0) is 17.7. The van der Waals surface area contributed by atoms with Crippen molar-refractivity contribution >= 4 is 21.6 Å². The molecule has 0 saturated heterocycles. The number of anilines is 1. The number of carbonyl (C=O) groups is 1. The molecule has 0 saturated carbocycles. The number of rotatable bonds is 6. The number of hydrogen-bond acceptors (Lipinski definition) is 3. The molecule has 0 fully saturated rings. The van der Waals surface area contributed by atoms with Crippen LogP contribution in [0.3, 0.4) is 0 Å². The third kappa shape index (κ3) is 4.76. The zero-order valence-electron chi connectivity index (χ0n) is 12.9. The third-order valence-corrected chi connectivity index (χ3v) is 4.38. The second kappa shape index (κ2) is 7.39. The van der Waals surface area contributed by atoms with Crippen LogP contribution in [0.2, 0.25) is 0 Å². The Morgan fingerprint density at radius 1 is 1.08 bits per heavy atom. The van der Waals surface area contributed by atoms with Crippen LogP contribution in [0.1, 0.15) is 5.56 Å². The van der Waals surface area contributed by atoms with E-state index in [2.05, 4.69) is 5.32 Å². The molecule has 0 aromatic heterocycles. The molecule has 128 valence electrons. The van der Waals surface area contributed by atoms with Crippen LogP contribution in [0, 0.1) is 11.6 Å². The summed E-state index contributed by atoms with van der Waals surface area (Å²) in [6, 6.07) is 10.7. The molecule has 5 nitrogen and oxygen atoms in total. The van der Waals surface area contributed by atoms with Crippen LogP contribution < -0.4 is 9.62 Å². The SMILES string of the molecule is CS(=O)(=O)N(CC(=O)NCc1ccccc1F)c1ccc(F)cc1. The minimum Gasteiger partial charge on any atom is -0.350 e. The second-order valence-corrected chi connectivity index (χ2v) is 7.02. The van der Waals surface area contributed by atoms with Gasteiger partial charge in [-0.25, -0.2) is 17.2 Å². The molecule has 8 heteroatoms. The number of sulfonamides is 1. The largest absolute Gasteiger partial charge is 0.350 e. The van der Waals surface area contributed by atoms with Crippen molar-refractivity contribution in [1.82, 2.24) is 5.32 Å². The van der Waals surface area contributed by atoms with E-state index in [1.165, 1.54) is 30.3 Å². The summed E-state index contributed by atoms with van der Waals surface area (Å²) in [5.74, 6) is -1.58. The summed E-state index contributed by atoms with van der Waals surface area (Å²) in [7, 11) is -3.74. The predicted molar refractivity (Wildman–Crippen MR) is 86.8 cm³/mol. The minimum absolute atomic E-state index is 0.0630. The number of nitrogens with zero attached hydrogens (tertiary/aromatic N) is 1. The molecule has 0 aliphatic carbocycles. The standard InChI is InChI=1S/C16H16F2N2O3S/c1-24(22,23)20(14-8-6-13(17)7-9-14)11-16(21)19-10-12-4-2-3-5-15(12)18/h2-9H,10-11H2,1H3,(H,19,21). The maximum Gasteiger partial charge on any atom is 0.241 e. The normalized spacial score (nSPS) is 11.1. The molecule has 0 spiro atoms. The average molecular weight is 354 g/mol. The quantitative estimate of drug-likeness (QED) is 0.863. The lowest BCUT2D eigenvalue weighted by Crippen LogP contribution is -2.40. The fourth-order valence-electron chi connectivity index (χ4n) is 2.03. The van der Waals surface area contributed by atoms with E-state index in [0.29, 0.717) is 5.56 Å². The molecule has 24 heavy (non-hydrogen) atoms. The zero-order valence-corrected chi connectivity index (χ0v) is 13.7. The maximum absolute atomic E-state index is 13.5.